The Kier molecular flexibility index (Phi) is 4.90. The molecule has 0 spiro atoms. The molecule has 1 heteroatoms. The molecule has 0 aliphatic heterocycles. The Morgan fingerprint density at radius 3 is 1.12 bits per heavy atom. The van der Waals surface area contributed by atoms with Crippen molar-refractivity contribution in [2.24, 2.45) is 5.92 Å². The van der Waals surface area contributed by atoms with Gasteiger partial charge in [0.1, 0.15) is 0 Å². The third kappa shape index (κ3) is 2.91. The SMILES string of the molecule is CC(C)C[Si](C(C)C)(C(C)(C)C)C(C)(C)C. The van der Waals surface area contributed by atoms with E-state index in [1.165, 1.54) is 6.04 Å². The molecule has 0 nitrogen and oxygen atoms in total. The van der Waals surface area contributed by atoms with Crippen LogP contribution in [0.2, 0.25) is 21.7 Å². The van der Waals surface area contributed by atoms with Crippen LogP contribution < -0.4 is 0 Å². The molecule has 0 amide bonds. The summed E-state index contributed by atoms with van der Waals surface area (Å²) in [4.78, 5) is 0. The van der Waals surface area contributed by atoms with E-state index in [0.717, 1.165) is 11.5 Å². The van der Waals surface area contributed by atoms with Crippen molar-refractivity contribution in [1.82, 2.24) is 0 Å². The standard InChI is InChI=1S/C15H34Si/c1-12(2)11-16(13(3)4,14(5,6)7)15(8,9)10/h12-13H,11H2,1-10H3. The molecule has 16 heavy (non-hydrogen) atoms. The Morgan fingerprint density at radius 1 is 0.750 bits per heavy atom. The van der Waals surface area contributed by atoms with Crippen molar-refractivity contribution in [2.75, 3.05) is 0 Å². The summed E-state index contributed by atoms with van der Waals surface area (Å²) < 4.78 is 0. The second kappa shape index (κ2) is 4.84. The van der Waals surface area contributed by atoms with Crippen LogP contribution in [0.5, 0.6) is 0 Å². The molecule has 0 N–H and O–H groups in total. The lowest BCUT2D eigenvalue weighted by Crippen LogP contribution is -2.54. The number of hydrogen-bond acceptors (Lipinski definition) is 0. The van der Waals surface area contributed by atoms with E-state index in [1.54, 1.807) is 0 Å². The summed E-state index contributed by atoms with van der Waals surface area (Å²) in [6.07, 6.45) is 0. The Balaban J connectivity index is 5.61. The van der Waals surface area contributed by atoms with E-state index in [1.807, 2.05) is 0 Å². The molecule has 0 saturated heterocycles. The summed E-state index contributed by atoms with van der Waals surface area (Å²) in [6.45, 7) is 24.6. The van der Waals surface area contributed by atoms with E-state index in [9.17, 15) is 0 Å². The average molecular weight is 243 g/mol. The number of hydrogen-bond donors (Lipinski definition) is 0. The molecule has 0 rings (SSSR count). The minimum absolute atomic E-state index is 0.490. The first-order chi connectivity index (χ1) is 6.86. The van der Waals surface area contributed by atoms with Crippen LogP contribution in [0, 0.1) is 5.92 Å². The smallest absolute Gasteiger partial charge is 0.0651 e. The maximum absolute atomic E-state index is 2.48. The first kappa shape index (κ1) is 16.2. The van der Waals surface area contributed by atoms with Gasteiger partial charge in [0.15, 0.2) is 0 Å². The van der Waals surface area contributed by atoms with Gasteiger partial charge in [-0.2, -0.15) is 0 Å². The highest BCUT2D eigenvalue weighted by atomic mass is 28.3. The van der Waals surface area contributed by atoms with Crippen molar-refractivity contribution in [3.63, 3.8) is 0 Å². The summed E-state index contributed by atoms with van der Waals surface area (Å²) in [5.74, 6) is 0.826. The van der Waals surface area contributed by atoms with Crippen LogP contribution in [-0.4, -0.2) is 8.07 Å². The van der Waals surface area contributed by atoms with Gasteiger partial charge in [-0.25, -0.2) is 0 Å². The van der Waals surface area contributed by atoms with Crippen LogP contribution in [0.25, 0.3) is 0 Å². The van der Waals surface area contributed by atoms with Gasteiger partial charge >= 0.3 is 0 Å². The van der Waals surface area contributed by atoms with E-state index < -0.39 is 8.07 Å². The molecule has 0 atom stereocenters. The molecule has 0 aliphatic rings. The van der Waals surface area contributed by atoms with Gasteiger partial charge in [0, 0.05) is 0 Å². The zero-order chi connectivity index (χ0) is 13.4. The fourth-order valence-electron chi connectivity index (χ4n) is 4.35. The Morgan fingerprint density at radius 2 is 1.06 bits per heavy atom. The zero-order valence-electron chi connectivity index (χ0n) is 13.4. The van der Waals surface area contributed by atoms with Gasteiger partial charge in [0.25, 0.3) is 0 Å². The summed E-state index contributed by atoms with van der Waals surface area (Å²) in [5.41, 5.74) is 0.856. The van der Waals surface area contributed by atoms with Crippen LogP contribution in [0.4, 0.5) is 0 Å². The predicted octanol–water partition coefficient (Wildman–Crippen LogP) is 6.10. The van der Waals surface area contributed by atoms with E-state index >= 15 is 0 Å². The Hall–Kier alpha value is 0.217. The molecule has 98 valence electrons. The summed E-state index contributed by atoms with van der Waals surface area (Å²) in [7, 11) is -1.34. The average Bonchev–Trinajstić information content (AvgIpc) is 1.93. The third-order valence-corrected chi connectivity index (χ3v) is 13.2. The summed E-state index contributed by atoms with van der Waals surface area (Å²) in [6, 6.07) is 1.46. The summed E-state index contributed by atoms with van der Waals surface area (Å²) in [5, 5.41) is 0.980. The lowest BCUT2D eigenvalue weighted by molar-refractivity contribution is 0.551. The second-order valence-corrected chi connectivity index (χ2v) is 14.7. The van der Waals surface area contributed by atoms with Gasteiger partial charge in [-0.3, -0.25) is 0 Å². The zero-order valence-corrected chi connectivity index (χ0v) is 14.4. The van der Waals surface area contributed by atoms with Crippen molar-refractivity contribution >= 4 is 8.07 Å². The number of rotatable bonds is 3. The fraction of sp³-hybridized carbons (Fsp3) is 1.00. The van der Waals surface area contributed by atoms with Crippen LogP contribution in [-0.2, 0) is 0 Å². The van der Waals surface area contributed by atoms with Gasteiger partial charge < -0.3 is 0 Å². The molecule has 0 fully saturated rings. The van der Waals surface area contributed by atoms with Gasteiger partial charge in [-0.1, -0.05) is 80.8 Å². The van der Waals surface area contributed by atoms with Crippen molar-refractivity contribution in [3.05, 3.63) is 0 Å². The van der Waals surface area contributed by atoms with Crippen LogP contribution >= 0.6 is 0 Å². The van der Waals surface area contributed by atoms with Crippen molar-refractivity contribution in [3.8, 4) is 0 Å². The molecule has 0 aliphatic carbocycles. The van der Waals surface area contributed by atoms with Crippen LogP contribution in [0.3, 0.4) is 0 Å². The molecule has 0 unspecified atom stereocenters. The topological polar surface area (TPSA) is 0 Å². The molecule has 0 aromatic heterocycles. The normalized spacial score (nSPS) is 15.0. The molecule has 0 aromatic rings. The van der Waals surface area contributed by atoms with Gasteiger partial charge in [0.2, 0.25) is 0 Å². The van der Waals surface area contributed by atoms with E-state index in [2.05, 4.69) is 69.2 Å². The highest BCUT2D eigenvalue weighted by Gasteiger charge is 2.54. The van der Waals surface area contributed by atoms with Crippen molar-refractivity contribution in [2.45, 2.75) is 90.9 Å². The molecule has 0 bridgehead atoms. The van der Waals surface area contributed by atoms with E-state index in [0.29, 0.717) is 10.1 Å². The minimum Gasteiger partial charge on any atom is -0.0651 e. The Labute approximate surface area is 105 Å². The molecule has 0 saturated carbocycles. The lowest BCUT2D eigenvalue weighted by Gasteiger charge is -2.56. The second-order valence-electron chi connectivity index (χ2n) is 8.22. The predicted molar refractivity (Wildman–Crippen MR) is 79.9 cm³/mol. The highest BCUT2D eigenvalue weighted by molar-refractivity contribution is 6.86. The minimum atomic E-state index is -1.34. The van der Waals surface area contributed by atoms with E-state index in [4.69, 9.17) is 0 Å². The van der Waals surface area contributed by atoms with Gasteiger partial charge in [-0.05, 0) is 16.0 Å². The maximum atomic E-state index is 2.48. The van der Waals surface area contributed by atoms with Gasteiger partial charge in [-0.15, -0.1) is 0 Å². The molecule has 0 heterocycles. The maximum Gasteiger partial charge on any atom is 0.0671 e. The molecule has 0 radical (unpaired) electrons. The monoisotopic (exact) mass is 242 g/mol. The first-order valence-corrected chi connectivity index (χ1v) is 9.14. The molecule has 0 aromatic carbocycles. The highest BCUT2D eigenvalue weighted by Crippen LogP contribution is 2.59. The summed E-state index contributed by atoms with van der Waals surface area (Å²) >= 11 is 0. The fourth-order valence-corrected chi connectivity index (χ4v) is 13.0. The largest absolute Gasteiger partial charge is 0.0671 e. The van der Waals surface area contributed by atoms with Crippen molar-refractivity contribution in [1.29, 1.82) is 0 Å². The first-order valence-electron chi connectivity index (χ1n) is 6.86. The third-order valence-electron chi connectivity index (χ3n) is 4.39. The van der Waals surface area contributed by atoms with Crippen LogP contribution in [0.15, 0.2) is 0 Å². The molecular weight excluding hydrogens is 208 g/mol. The quantitative estimate of drug-likeness (QED) is 0.524. The van der Waals surface area contributed by atoms with Gasteiger partial charge in [0.05, 0.1) is 8.07 Å². The Bertz CT molecular complexity index is 199. The van der Waals surface area contributed by atoms with Crippen LogP contribution in [0.1, 0.15) is 69.2 Å². The van der Waals surface area contributed by atoms with E-state index in [-0.39, 0.29) is 0 Å². The molecular formula is C15H34Si. The van der Waals surface area contributed by atoms with Crippen molar-refractivity contribution < 1.29 is 0 Å². The lowest BCUT2D eigenvalue weighted by atomic mass is 10.2.